The third-order valence-electron chi connectivity index (χ3n) is 4.83. The average Bonchev–Trinajstić information content (AvgIpc) is 3.27. The molecule has 2 aliphatic rings. The van der Waals surface area contributed by atoms with Gasteiger partial charge in [0.05, 0.1) is 0 Å². The van der Waals surface area contributed by atoms with Gasteiger partial charge in [0.2, 0.25) is 0 Å². The molecule has 1 heterocycles. The number of benzene rings is 1. The molecular weight excluding hydrogens is 280 g/mol. The molecule has 0 bridgehead atoms. The van der Waals surface area contributed by atoms with E-state index in [9.17, 15) is 0 Å². The molecular formula is C18H27ClN2. The molecule has 2 fully saturated rings. The highest BCUT2D eigenvalue weighted by molar-refractivity contribution is 6.31. The predicted molar refractivity (Wildman–Crippen MR) is 89.6 cm³/mol. The Kier molecular flexibility index (Phi) is 4.88. The molecule has 1 aromatic rings. The quantitative estimate of drug-likeness (QED) is 0.886. The van der Waals surface area contributed by atoms with Crippen LogP contribution in [-0.4, -0.2) is 30.1 Å². The molecule has 1 saturated carbocycles. The zero-order valence-electron chi connectivity index (χ0n) is 13.2. The monoisotopic (exact) mass is 306 g/mol. The summed E-state index contributed by atoms with van der Waals surface area (Å²) in [7, 11) is 0. The number of nitrogens with one attached hydrogen (secondary N) is 1. The fourth-order valence-corrected chi connectivity index (χ4v) is 3.71. The molecule has 3 rings (SSSR count). The minimum Gasteiger partial charge on any atom is -0.311 e. The van der Waals surface area contributed by atoms with Crippen LogP contribution < -0.4 is 5.32 Å². The van der Waals surface area contributed by atoms with Crippen LogP contribution in [0.2, 0.25) is 5.02 Å². The van der Waals surface area contributed by atoms with Crippen LogP contribution in [0.15, 0.2) is 24.3 Å². The molecule has 1 aromatic carbocycles. The van der Waals surface area contributed by atoms with Crippen molar-refractivity contribution < 1.29 is 0 Å². The Morgan fingerprint density at radius 1 is 1.29 bits per heavy atom. The maximum atomic E-state index is 6.37. The number of hydrogen-bond donors (Lipinski definition) is 1. The summed E-state index contributed by atoms with van der Waals surface area (Å²) < 4.78 is 0. The number of hydrogen-bond acceptors (Lipinski definition) is 2. The van der Waals surface area contributed by atoms with Gasteiger partial charge in [0.1, 0.15) is 0 Å². The second kappa shape index (κ2) is 6.68. The van der Waals surface area contributed by atoms with E-state index in [-0.39, 0.29) is 0 Å². The zero-order valence-corrected chi connectivity index (χ0v) is 13.9. The summed E-state index contributed by atoms with van der Waals surface area (Å²) in [6.07, 6.45) is 4.08. The van der Waals surface area contributed by atoms with Gasteiger partial charge in [-0.2, -0.15) is 0 Å². The van der Waals surface area contributed by atoms with Crippen molar-refractivity contribution in [1.82, 2.24) is 10.2 Å². The van der Waals surface area contributed by atoms with Crippen molar-refractivity contribution in [3.8, 4) is 0 Å². The first-order chi connectivity index (χ1) is 10.1. The fraction of sp³-hybridized carbons (Fsp3) is 0.667. The highest BCUT2D eigenvalue weighted by Gasteiger charge is 2.37. The molecule has 1 N–H and O–H groups in total. The Balaban J connectivity index is 1.71. The van der Waals surface area contributed by atoms with Gasteiger partial charge in [-0.15, -0.1) is 0 Å². The average molecular weight is 307 g/mol. The Bertz CT molecular complexity index is 470. The summed E-state index contributed by atoms with van der Waals surface area (Å²) in [5, 5.41) is 4.70. The topological polar surface area (TPSA) is 15.3 Å². The van der Waals surface area contributed by atoms with E-state index < -0.39 is 0 Å². The zero-order chi connectivity index (χ0) is 14.8. The molecule has 3 heteroatoms. The largest absolute Gasteiger partial charge is 0.311 e. The second-order valence-electron chi connectivity index (χ2n) is 7.16. The van der Waals surface area contributed by atoms with Gasteiger partial charge in [0.15, 0.2) is 0 Å². The van der Waals surface area contributed by atoms with E-state index in [4.69, 9.17) is 11.6 Å². The third kappa shape index (κ3) is 4.00. The van der Waals surface area contributed by atoms with Gasteiger partial charge in [-0.3, -0.25) is 4.90 Å². The highest BCUT2D eigenvalue weighted by atomic mass is 35.5. The number of rotatable bonds is 5. The lowest BCUT2D eigenvalue weighted by atomic mass is 9.97. The molecule has 2 unspecified atom stereocenters. The molecule has 0 aromatic heterocycles. The predicted octanol–water partition coefficient (Wildman–Crippen LogP) is 3.94. The second-order valence-corrected chi connectivity index (χ2v) is 7.56. The molecule has 1 aliphatic carbocycles. The standard InChI is InChI=1S/C18H27ClN2/c1-13(2)9-16-10-20-18(14-7-8-14)12-21(16)11-15-5-3-4-6-17(15)19/h3-6,13-14,16,18,20H,7-12H2,1-2H3. The molecule has 1 saturated heterocycles. The van der Waals surface area contributed by atoms with E-state index in [1.165, 1.54) is 31.4 Å². The van der Waals surface area contributed by atoms with Crippen LogP contribution in [0.4, 0.5) is 0 Å². The van der Waals surface area contributed by atoms with Crippen molar-refractivity contribution in [2.24, 2.45) is 11.8 Å². The maximum Gasteiger partial charge on any atom is 0.0451 e. The minimum absolute atomic E-state index is 0.635. The molecule has 0 spiro atoms. The van der Waals surface area contributed by atoms with E-state index in [2.05, 4.69) is 36.2 Å². The van der Waals surface area contributed by atoms with E-state index in [0.29, 0.717) is 12.1 Å². The SMILES string of the molecule is CC(C)CC1CNC(C2CC2)CN1Cc1ccccc1Cl. The number of halogens is 1. The number of nitrogens with zero attached hydrogens (tertiary/aromatic N) is 1. The number of piperazine rings is 1. The highest BCUT2D eigenvalue weighted by Crippen LogP contribution is 2.35. The van der Waals surface area contributed by atoms with Crippen LogP contribution in [0.25, 0.3) is 0 Å². The molecule has 21 heavy (non-hydrogen) atoms. The van der Waals surface area contributed by atoms with Crippen molar-refractivity contribution >= 4 is 11.6 Å². The van der Waals surface area contributed by atoms with Crippen LogP contribution >= 0.6 is 11.6 Å². The van der Waals surface area contributed by atoms with Gasteiger partial charge in [0.25, 0.3) is 0 Å². The van der Waals surface area contributed by atoms with Gasteiger partial charge in [-0.1, -0.05) is 43.6 Å². The van der Waals surface area contributed by atoms with E-state index in [0.717, 1.165) is 29.9 Å². The normalized spacial score (nSPS) is 27.2. The summed E-state index contributed by atoms with van der Waals surface area (Å²) >= 11 is 6.37. The first-order valence-electron chi connectivity index (χ1n) is 8.34. The van der Waals surface area contributed by atoms with Crippen LogP contribution in [-0.2, 0) is 6.54 Å². The summed E-state index contributed by atoms with van der Waals surface area (Å²) in [5.41, 5.74) is 1.27. The Morgan fingerprint density at radius 2 is 2.05 bits per heavy atom. The smallest absolute Gasteiger partial charge is 0.0451 e. The lowest BCUT2D eigenvalue weighted by Crippen LogP contribution is -2.57. The van der Waals surface area contributed by atoms with Crippen molar-refractivity contribution in [3.05, 3.63) is 34.9 Å². The Labute approximate surface area is 133 Å². The lowest BCUT2D eigenvalue weighted by molar-refractivity contribution is 0.1000. The molecule has 2 nitrogen and oxygen atoms in total. The summed E-state index contributed by atoms with van der Waals surface area (Å²) in [6.45, 7) is 7.93. The van der Waals surface area contributed by atoms with Crippen molar-refractivity contribution in [2.75, 3.05) is 13.1 Å². The van der Waals surface area contributed by atoms with Gasteiger partial charge >= 0.3 is 0 Å². The first kappa shape index (κ1) is 15.3. The third-order valence-corrected chi connectivity index (χ3v) is 5.20. The summed E-state index contributed by atoms with van der Waals surface area (Å²) in [6, 6.07) is 9.62. The van der Waals surface area contributed by atoms with Crippen molar-refractivity contribution in [2.45, 2.75) is 51.7 Å². The van der Waals surface area contributed by atoms with E-state index in [1.54, 1.807) is 0 Å². The Hall–Kier alpha value is -0.570. The lowest BCUT2D eigenvalue weighted by Gasteiger charge is -2.41. The molecule has 116 valence electrons. The molecule has 0 radical (unpaired) electrons. The van der Waals surface area contributed by atoms with Crippen LogP contribution in [0.3, 0.4) is 0 Å². The van der Waals surface area contributed by atoms with Crippen molar-refractivity contribution in [3.63, 3.8) is 0 Å². The van der Waals surface area contributed by atoms with Crippen LogP contribution in [0.5, 0.6) is 0 Å². The summed E-state index contributed by atoms with van der Waals surface area (Å²) in [5.74, 6) is 1.65. The molecule has 0 amide bonds. The van der Waals surface area contributed by atoms with Gasteiger partial charge in [-0.25, -0.2) is 0 Å². The fourth-order valence-electron chi connectivity index (χ4n) is 3.51. The van der Waals surface area contributed by atoms with Gasteiger partial charge < -0.3 is 5.32 Å². The Morgan fingerprint density at radius 3 is 2.71 bits per heavy atom. The van der Waals surface area contributed by atoms with Crippen LogP contribution in [0.1, 0.15) is 38.7 Å². The van der Waals surface area contributed by atoms with Crippen molar-refractivity contribution in [1.29, 1.82) is 0 Å². The van der Waals surface area contributed by atoms with E-state index >= 15 is 0 Å². The molecule has 2 atom stereocenters. The molecule has 1 aliphatic heterocycles. The maximum absolute atomic E-state index is 6.37. The van der Waals surface area contributed by atoms with Gasteiger partial charge in [-0.05, 0) is 42.7 Å². The first-order valence-corrected chi connectivity index (χ1v) is 8.72. The minimum atomic E-state index is 0.635. The summed E-state index contributed by atoms with van der Waals surface area (Å²) in [4.78, 5) is 2.67. The van der Waals surface area contributed by atoms with Gasteiger partial charge in [0, 0.05) is 36.7 Å². The van der Waals surface area contributed by atoms with Crippen LogP contribution in [0, 0.1) is 11.8 Å². The van der Waals surface area contributed by atoms with E-state index in [1.807, 2.05) is 12.1 Å².